The smallest absolute Gasteiger partial charge is 0.319 e. The number of para-hydroxylation sites is 2. The van der Waals surface area contributed by atoms with Gasteiger partial charge in [-0.2, -0.15) is 0 Å². The summed E-state index contributed by atoms with van der Waals surface area (Å²) in [5.74, 6) is 0.642. The van der Waals surface area contributed by atoms with Crippen molar-refractivity contribution in [3.05, 3.63) is 66.9 Å². The van der Waals surface area contributed by atoms with Crippen molar-refractivity contribution in [3.8, 4) is 16.9 Å². The van der Waals surface area contributed by atoms with Crippen LogP contribution in [0.25, 0.3) is 11.1 Å². The fourth-order valence-electron chi connectivity index (χ4n) is 2.37. The molecule has 0 saturated heterocycles. The van der Waals surface area contributed by atoms with Gasteiger partial charge in [-0.3, -0.25) is 4.98 Å². The van der Waals surface area contributed by atoms with Crippen molar-refractivity contribution in [2.75, 3.05) is 11.9 Å². The number of carbonyl (C=O) groups excluding carboxylic acids is 1. The van der Waals surface area contributed by atoms with Crippen LogP contribution in [0.4, 0.5) is 10.5 Å². The summed E-state index contributed by atoms with van der Waals surface area (Å²) >= 11 is 0. The van der Waals surface area contributed by atoms with E-state index >= 15 is 0 Å². The number of anilines is 1. The van der Waals surface area contributed by atoms with Gasteiger partial charge in [0.2, 0.25) is 0 Å². The lowest BCUT2D eigenvalue weighted by Gasteiger charge is -2.12. The van der Waals surface area contributed by atoms with Crippen LogP contribution in [0.3, 0.4) is 0 Å². The SMILES string of the molecule is CCOc1ccccc1NC(=O)NCc1cncc(-c2ccoc2)c1. The van der Waals surface area contributed by atoms with Crippen LogP contribution in [0.15, 0.2) is 65.7 Å². The molecule has 0 aliphatic carbocycles. The number of nitrogens with one attached hydrogen (secondary N) is 2. The quantitative estimate of drug-likeness (QED) is 0.711. The zero-order chi connectivity index (χ0) is 17.5. The summed E-state index contributed by atoms with van der Waals surface area (Å²) in [5, 5.41) is 5.62. The molecular weight excluding hydrogens is 318 g/mol. The Bertz CT molecular complexity index is 831. The molecule has 0 atom stereocenters. The number of urea groups is 1. The number of amides is 2. The molecule has 0 aliphatic rings. The minimum Gasteiger partial charge on any atom is -0.492 e. The Kier molecular flexibility index (Phi) is 5.31. The lowest BCUT2D eigenvalue weighted by atomic mass is 10.1. The molecule has 2 heterocycles. The fourth-order valence-corrected chi connectivity index (χ4v) is 2.37. The molecule has 3 rings (SSSR count). The summed E-state index contributed by atoms with van der Waals surface area (Å²) in [4.78, 5) is 16.4. The molecule has 3 aromatic rings. The Morgan fingerprint density at radius 3 is 2.88 bits per heavy atom. The van der Waals surface area contributed by atoms with Gasteiger partial charge >= 0.3 is 6.03 Å². The molecule has 0 bridgehead atoms. The second kappa shape index (κ2) is 8.01. The number of furan rings is 1. The number of nitrogens with zero attached hydrogens (tertiary/aromatic N) is 1. The molecule has 0 aliphatic heterocycles. The van der Waals surface area contributed by atoms with Gasteiger partial charge in [0, 0.05) is 30.1 Å². The molecule has 6 nitrogen and oxygen atoms in total. The summed E-state index contributed by atoms with van der Waals surface area (Å²) in [7, 11) is 0. The first kappa shape index (κ1) is 16.6. The summed E-state index contributed by atoms with van der Waals surface area (Å²) in [5.41, 5.74) is 3.42. The van der Waals surface area contributed by atoms with Crippen LogP contribution in [-0.4, -0.2) is 17.6 Å². The van der Waals surface area contributed by atoms with Gasteiger partial charge in [-0.1, -0.05) is 12.1 Å². The van der Waals surface area contributed by atoms with Crippen molar-refractivity contribution in [2.45, 2.75) is 13.5 Å². The molecule has 25 heavy (non-hydrogen) atoms. The summed E-state index contributed by atoms with van der Waals surface area (Å²) in [6.45, 7) is 2.80. The van der Waals surface area contributed by atoms with Crippen LogP contribution in [0, 0.1) is 0 Å². The van der Waals surface area contributed by atoms with E-state index in [0.717, 1.165) is 16.7 Å². The van der Waals surface area contributed by atoms with Gasteiger partial charge in [-0.25, -0.2) is 4.79 Å². The van der Waals surface area contributed by atoms with Crippen molar-refractivity contribution in [2.24, 2.45) is 0 Å². The van der Waals surface area contributed by atoms with Crippen molar-refractivity contribution in [1.82, 2.24) is 10.3 Å². The lowest BCUT2D eigenvalue weighted by molar-refractivity contribution is 0.251. The maximum absolute atomic E-state index is 12.1. The Morgan fingerprint density at radius 1 is 1.20 bits per heavy atom. The highest BCUT2D eigenvalue weighted by Crippen LogP contribution is 2.23. The number of benzene rings is 1. The Morgan fingerprint density at radius 2 is 2.08 bits per heavy atom. The van der Waals surface area contributed by atoms with Gasteiger partial charge in [-0.05, 0) is 36.8 Å². The topological polar surface area (TPSA) is 76.4 Å². The fraction of sp³-hybridized carbons (Fsp3) is 0.158. The second-order valence-electron chi connectivity index (χ2n) is 5.33. The predicted octanol–water partition coefficient (Wildman–Crippen LogP) is 4.06. The number of hydrogen-bond donors (Lipinski definition) is 2. The third-order valence-electron chi connectivity index (χ3n) is 3.54. The highest BCUT2D eigenvalue weighted by atomic mass is 16.5. The summed E-state index contributed by atoms with van der Waals surface area (Å²) in [6, 6.07) is 10.8. The first-order valence-corrected chi connectivity index (χ1v) is 7.99. The van der Waals surface area contributed by atoms with Crippen LogP contribution in [-0.2, 0) is 6.54 Å². The third-order valence-corrected chi connectivity index (χ3v) is 3.54. The zero-order valence-electron chi connectivity index (χ0n) is 13.9. The van der Waals surface area contributed by atoms with Crippen molar-refractivity contribution in [1.29, 1.82) is 0 Å². The number of hydrogen-bond acceptors (Lipinski definition) is 4. The standard InChI is InChI=1S/C19H19N3O3/c1-2-25-18-6-4-3-5-17(18)22-19(23)21-11-14-9-16(12-20-10-14)15-7-8-24-13-15/h3-10,12-13H,2,11H2,1H3,(H2,21,22,23). The molecule has 0 unspecified atom stereocenters. The van der Waals surface area contributed by atoms with Crippen LogP contribution in [0.1, 0.15) is 12.5 Å². The van der Waals surface area contributed by atoms with Crippen molar-refractivity contribution < 1.29 is 13.9 Å². The molecule has 2 amide bonds. The normalized spacial score (nSPS) is 10.3. The number of aromatic nitrogens is 1. The average Bonchev–Trinajstić information content (AvgIpc) is 3.17. The lowest BCUT2D eigenvalue weighted by Crippen LogP contribution is -2.28. The number of ether oxygens (including phenoxy) is 1. The first-order chi connectivity index (χ1) is 12.3. The van der Waals surface area contributed by atoms with Crippen LogP contribution < -0.4 is 15.4 Å². The molecule has 0 radical (unpaired) electrons. The maximum atomic E-state index is 12.1. The van der Waals surface area contributed by atoms with Gasteiger partial charge in [0.15, 0.2) is 0 Å². The summed E-state index contributed by atoms with van der Waals surface area (Å²) < 4.78 is 10.6. The van der Waals surface area contributed by atoms with E-state index < -0.39 is 0 Å². The van der Waals surface area contributed by atoms with E-state index in [1.165, 1.54) is 0 Å². The Labute approximate surface area is 145 Å². The van der Waals surface area contributed by atoms with E-state index in [4.69, 9.17) is 9.15 Å². The number of pyridine rings is 1. The minimum atomic E-state index is -0.305. The zero-order valence-corrected chi connectivity index (χ0v) is 13.9. The predicted molar refractivity (Wildman–Crippen MR) is 95.4 cm³/mol. The molecule has 2 N–H and O–H groups in total. The van der Waals surface area contributed by atoms with Gasteiger partial charge in [-0.15, -0.1) is 0 Å². The van der Waals surface area contributed by atoms with E-state index in [-0.39, 0.29) is 6.03 Å². The van der Waals surface area contributed by atoms with Gasteiger partial charge < -0.3 is 19.8 Å². The molecule has 1 aromatic carbocycles. The monoisotopic (exact) mass is 337 g/mol. The molecule has 128 valence electrons. The highest BCUT2D eigenvalue weighted by Gasteiger charge is 2.07. The molecular formula is C19H19N3O3. The van der Waals surface area contributed by atoms with Crippen molar-refractivity contribution >= 4 is 11.7 Å². The van der Waals surface area contributed by atoms with Crippen molar-refractivity contribution in [3.63, 3.8) is 0 Å². The largest absolute Gasteiger partial charge is 0.492 e. The summed E-state index contributed by atoms with van der Waals surface area (Å²) in [6.07, 6.45) is 6.75. The van der Waals surface area contributed by atoms with Crippen LogP contribution in [0.2, 0.25) is 0 Å². The van der Waals surface area contributed by atoms with Gasteiger partial charge in [0.05, 0.1) is 24.8 Å². The molecule has 0 saturated carbocycles. The molecule has 0 spiro atoms. The van der Waals surface area contributed by atoms with E-state index in [0.29, 0.717) is 24.6 Å². The van der Waals surface area contributed by atoms with E-state index in [1.54, 1.807) is 31.0 Å². The van der Waals surface area contributed by atoms with Gasteiger partial charge in [0.1, 0.15) is 5.75 Å². The molecule has 2 aromatic heterocycles. The molecule has 6 heteroatoms. The third kappa shape index (κ3) is 4.38. The second-order valence-corrected chi connectivity index (χ2v) is 5.33. The Balaban J connectivity index is 1.60. The average molecular weight is 337 g/mol. The van der Waals surface area contributed by atoms with Crippen LogP contribution >= 0.6 is 0 Å². The van der Waals surface area contributed by atoms with E-state index in [1.807, 2.05) is 37.3 Å². The van der Waals surface area contributed by atoms with Gasteiger partial charge in [0.25, 0.3) is 0 Å². The van der Waals surface area contributed by atoms with E-state index in [2.05, 4.69) is 15.6 Å². The number of carbonyl (C=O) groups is 1. The highest BCUT2D eigenvalue weighted by molar-refractivity contribution is 5.90. The first-order valence-electron chi connectivity index (χ1n) is 7.99. The number of rotatable bonds is 6. The van der Waals surface area contributed by atoms with Crippen LogP contribution in [0.5, 0.6) is 5.75 Å². The molecule has 0 fully saturated rings. The maximum Gasteiger partial charge on any atom is 0.319 e. The Hall–Kier alpha value is -3.28. The minimum absolute atomic E-state index is 0.305. The van der Waals surface area contributed by atoms with E-state index in [9.17, 15) is 4.79 Å².